The molecule has 0 saturated carbocycles. The van der Waals surface area contributed by atoms with E-state index < -0.39 is 28.8 Å². The molecule has 8 nitrogen and oxygen atoms in total. The first-order valence-electron chi connectivity index (χ1n) is 6.68. The van der Waals surface area contributed by atoms with E-state index in [1.807, 2.05) is 6.07 Å². The van der Waals surface area contributed by atoms with E-state index in [0.29, 0.717) is 5.69 Å². The molecular formula is C15H14N2O6. The van der Waals surface area contributed by atoms with Crippen LogP contribution in [0.2, 0.25) is 0 Å². The van der Waals surface area contributed by atoms with Crippen LogP contribution in [0.1, 0.15) is 17.5 Å². The molecule has 8 heteroatoms. The van der Waals surface area contributed by atoms with Crippen molar-refractivity contribution < 1.29 is 23.7 Å². The third-order valence-electron chi connectivity index (χ3n) is 3.08. The van der Waals surface area contributed by atoms with Crippen LogP contribution in [-0.4, -0.2) is 30.0 Å². The van der Waals surface area contributed by atoms with Crippen LogP contribution in [0.15, 0.2) is 46.9 Å². The second-order valence-electron chi connectivity index (χ2n) is 4.68. The van der Waals surface area contributed by atoms with Crippen LogP contribution in [0, 0.1) is 10.1 Å². The summed E-state index contributed by atoms with van der Waals surface area (Å²) in [6, 6.07) is 11.0. The Hall–Kier alpha value is -3.16. The summed E-state index contributed by atoms with van der Waals surface area (Å²) in [5.41, 5.74) is 0.647. The largest absolute Gasteiger partial charge is 0.447 e. The highest BCUT2D eigenvalue weighted by Crippen LogP contribution is 2.18. The third kappa shape index (κ3) is 3.73. The number of hydrogen-bond acceptors (Lipinski definition) is 6. The molecule has 0 unspecified atom stereocenters. The van der Waals surface area contributed by atoms with Gasteiger partial charge >= 0.3 is 11.9 Å². The zero-order chi connectivity index (χ0) is 17.0. The van der Waals surface area contributed by atoms with Gasteiger partial charge in [0.05, 0.1) is 6.07 Å². The topological polar surface area (TPSA) is 103 Å². The fourth-order valence-corrected chi connectivity index (χ4v) is 1.86. The predicted octanol–water partition coefficient (Wildman–Crippen LogP) is 2.40. The lowest BCUT2D eigenvalue weighted by Crippen LogP contribution is -2.37. The van der Waals surface area contributed by atoms with Gasteiger partial charge in [-0.2, -0.15) is 0 Å². The Morgan fingerprint density at radius 2 is 1.87 bits per heavy atom. The molecule has 0 saturated heterocycles. The molecule has 0 fully saturated rings. The number of hydrogen-bond donors (Lipinski definition) is 0. The molecule has 1 aromatic carbocycles. The molecule has 23 heavy (non-hydrogen) atoms. The van der Waals surface area contributed by atoms with Gasteiger partial charge in [0.15, 0.2) is 6.10 Å². The Morgan fingerprint density at radius 1 is 1.22 bits per heavy atom. The van der Waals surface area contributed by atoms with Gasteiger partial charge in [0.2, 0.25) is 5.76 Å². The lowest BCUT2D eigenvalue weighted by molar-refractivity contribution is -0.402. The summed E-state index contributed by atoms with van der Waals surface area (Å²) in [5.74, 6) is -2.29. The van der Waals surface area contributed by atoms with Crippen molar-refractivity contribution in [2.24, 2.45) is 0 Å². The van der Waals surface area contributed by atoms with Crippen molar-refractivity contribution in [2.45, 2.75) is 13.0 Å². The molecule has 0 N–H and O–H groups in total. The Kier molecular flexibility index (Phi) is 4.75. The van der Waals surface area contributed by atoms with Crippen LogP contribution in [-0.2, 0) is 9.53 Å². The van der Waals surface area contributed by atoms with E-state index in [1.165, 1.54) is 11.8 Å². The van der Waals surface area contributed by atoms with E-state index in [2.05, 4.69) is 0 Å². The van der Waals surface area contributed by atoms with E-state index in [4.69, 9.17) is 9.15 Å². The molecule has 0 aliphatic carbocycles. The highest BCUT2D eigenvalue weighted by Gasteiger charge is 2.25. The SMILES string of the molecule is C[C@@H](OC(=O)c1ccc([N+](=O)[O-])o1)C(=O)N(C)c1ccccc1. The molecular weight excluding hydrogens is 304 g/mol. The lowest BCUT2D eigenvalue weighted by Gasteiger charge is -2.21. The number of nitro groups is 1. The van der Waals surface area contributed by atoms with Crippen LogP contribution >= 0.6 is 0 Å². The number of para-hydroxylation sites is 1. The summed E-state index contributed by atoms with van der Waals surface area (Å²) in [6.45, 7) is 1.41. The minimum atomic E-state index is -1.07. The first-order chi connectivity index (χ1) is 10.9. The number of benzene rings is 1. The van der Waals surface area contributed by atoms with Crippen LogP contribution in [0.4, 0.5) is 11.6 Å². The predicted molar refractivity (Wildman–Crippen MR) is 80.1 cm³/mol. The normalized spacial score (nSPS) is 11.6. The fourth-order valence-electron chi connectivity index (χ4n) is 1.86. The van der Waals surface area contributed by atoms with Gasteiger partial charge in [-0.15, -0.1) is 0 Å². The first kappa shape index (κ1) is 16.2. The smallest absolute Gasteiger partial charge is 0.433 e. The summed E-state index contributed by atoms with van der Waals surface area (Å²) in [7, 11) is 1.56. The van der Waals surface area contributed by atoms with Gasteiger partial charge in [-0.05, 0) is 25.1 Å². The molecule has 1 heterocycles. The van der Waals surface area contributed by atoms with Crippen LogP contribution in [0.25, 0.3) is 0 Å². The van der Waals surface area contributed by atoms with E-state index in [-0.39, 0.29) is 5.76 Å². The Balaban J connectivity index is 2.02. The van der Waals surface area contributed by atoms with Crippen molar-refractivity contribution in [1.29, 1.82) is 0 Å². The van der Waals surface area contributed by atoms with Gasteiger partial charge in [0, 0.05) is 12.7 Å². The van der Waals surface area contributed by atoms with Gasteiger partial charge in [-0.1, -0.05) is 18.2 Å². The van der Waals surface area contributed by atoms with Crippen molar-refractivity contribution in [3.05, 3.63) is 58.3 Å². The molecule has 2 rings (SSSR count). The Morgan fingerprint density at radius 3 is 2.43 bits per heavy atom. The number of amides is 1. The third-order valence-corrected chi connectivity index (χ3v) is 3.08. The summed E-state index contributed by atoms with van der Waals surface area (Å²) >= 11 is 0. The number of esters is 1. The van der Waals surface area contributed by atoms with Crippen molar-refractivity contribution in [3.63, 3.8) is 0 Å². The molecule has 0 spiro atoms. The van der Waals surface area contributed by atoms with E-state index in [9.17, 15) is 19.7 Å². The summed E-state index contributed by atoms with van der Waals surface area (Å²) in [4.78, 5) is 35.2. The number of likely N-dealkylation sites (N-methyl/N-ethyl adjacent to an activating group) is 1. The van der Waals surface area contributed by atoms with Crippen molar-refractivity contribution >= 4 is 23.4 Å². The summed E-state index contributed by atoms with van der Waals surface area (Å²) in [6.07, 6.45) is -1.07. The second-order valence-corrected chi connectivity index (χ2v) is 4.68. The quantitative estimate of drug-likeness (QED) is 0.476. The molecule has 0 aliphatic rings. The number of nitrogens with zero attached hydrogens (tertiary/aromatic N) is 2. The molecule has 1 aromatic heterocycles. The fraction of sp³-hybridized carbons (Fsp3) is 0.200. The maximum atomic E-state index is 12.2. The lowest BCUT2D eigenvalue weighted by atomic mass is 10.2. The number of rotatable bonds is 5. The molecule has 2 aromatic rings. The maximum absolute atomic E-state index is 12.2. The van der Waals surface area contributed by atoms with Crippen molar-refractivity contribution in [1.82, 2.24) is 0 Å². The van der Waals surface area contributed by atoms with E-state index >= 15 is 0 Å². The van der Waals surface area contributed by atoms with Crippen molar-refractivity contribution in [3.8, 4) is 0 Å². The minimum Gasteiger partial charge on any atom is -0.447 e. The van der Waals surface area contributed by atoms with Gasteiger partial charge in [-0.25, -0.2) is 4.79 Å². The number of ether oxygens (including phenoxy) is 1. The minimum absolute atomic E-state index is 0.335. The molecule has 0 bridgehead atoms. The van der Waals surface area contributed by atoms with Crippen molar-refractivity contribution in [2.75, 3.05) is 11.9 Å². The Bertz CT molecular complexity index is 725. The number of furan rings is 1. The van der Waals surface area contributed by atoms with Gasteiger partial charge in [0.25, 0.3) is 5.91 Å². The van der Waals surface area contributed by atoms with Crippen LogP contribution < -0.4 is 4.90 Å². The maximum Gasteiger partial charge on any atom is 0.433 e. The average Bonchev–Trinajstić information content (AvgIpc) is 3.04. The second kappa shape index (κ2) is 6.73. The van der Waals surface area contributed by atoms with Crippen LogP contribution in [0.3, 0.4) is 0 Å². The van der Waals surface area contributed by atoms with E-state index in [0.717, 1.165) is 12.1 Å². The average molecular weight is 318 g/mol. The molecule has 120 valence electrons. The van der Waals surface area contributed by atoms with Gasteiger partial charge in [0.1, 0.15) is 4.92 Å². The molecule has 0 aliphatic heterocycles. The molecule has 1 amide bonds. The van der Waals surface area contributed by atoms with Gasteiger partial charge < -0.3 is 14.1 Å². The molecule has 0 radical (unpaired) electrons. The standard InChI is InChI=1S/C15H14N2O6/c1-10(14(18)16(2)11-6-4-3-5-7-11)22-15(19)12-8-9-13(23-12)17(20)21/h3-10H,1-2H3/t10-/m1/s1. The first-order valence-corrected chi connectivity index (χ1v) is 6.68. The Labute approximate surface area is 131 Å². The molecule has 1 atom stereocenters. The summed E-state index contributed by atoms with van der Waals surface area (Å²) < 4.78 is 9.72. The number of carbonyl (C=O) groups is 2. The van der Waals surface area contributed by atoms with E-state index in [1.54, 1.807) is 31.3 Å². The van der Waals surface area contributed by atoms with Crippen LogP contribution in [0.5, 0.6) is 0 Å². The number of anilines is 1. The summed E-state index contributed by atoms with van der Waals surface area (Å²) in [5, 5.41) is 10.5. The van der Waals surface area contributed by atoms with Gasteiger partial charge in [-0.3, -0.25) is 14.9 Å². The zero-order valence-electron chi connectivity index (χ0n) is 12.5. The highest BCUT2D eigenvalue weighted by molar-refractivity contribution is 5.98. The zero-order valence-corrected chi connectivity index (χ0v) is 12.5. The monoisotopic (exact) mass is 318 g/mol. The number of carbonyl (C=O) groups excluding carboxylic acids is 2. The highest BCUT2D eigenvalue weighted by atomic mass is 16.7.